The van der Waals surface area contributed by atoms with Crippen LogP contribution in [0.5, 0.6) is 0 Å². The summed E-state index contributed by atoms with van der Waals surface area (Å²) < 4.78 is 10.2. The number of rotatable bonds is 5. The Morgan fingerprint density at radius 3 is 2.30 bits per heavy atom. The SMILES string of the molecule is CCOC(=O)CN(Cc1ccc(C#N)cc1)C(=O)OC(C)(C)C. The molecular weight excluding hydrogens is 296 g/mol. The van der Waals surface area contributed by atoms with E-state index in [1.54, 1.807) is 52.0 Å². The standard InChI is InChI=1S/C17H22N2O4/c1-5-22-15(20)12-19(16(21)23-17(2,3)4)11-14-8-6-13(10-18)7-9-14/h6-9H,5,11-12H2,1-4H3. The summed E-state index contributed by atoms with van der Waals surface area (Å²) in [6.07, 6.45) is -0.588. The van der Waals surface area contributed by atoms with Crippen LogP contribution in [0, 0.1) is 11.3 Å². The molecule has 0 aliphatic rings. The third-order valence-electron chi connectivity index (χ3n) is 2.73. The third kappa shape index (κ3) is 6.83. The minimum Gasteiger partial charge on any atom is -0.465 e. The van der Waals surface area contributed by atoms with Crippen molar-refractivity contribution in [3.05, 3.63) is 35.4 Å². The molecule has 0 heterocycles. The Morgan fingerprint density at radius 2 is 1.83 bits per heavy atom. The molecule has 0 unspecified atom stereocenters. The summed E-state index contributed by atoms with van der Waals surface area (Å²) in [6, 6.07) is 8.82. The van der Waals surface area contributed by atoms with Crippen molar-refractivity contribution in [3.8, 4) is 6.07 Å². The maximum absolute atomic E-state index is 12.3. The zero-order valence-electron chi connectivity index (χ0n) is 14.0. The van der Waals surface area contributed by atoms with E-state index in [1.165, 1.54) is 4.90 Å². The number of nitrogens with zero attached hydrogens (tertiary/aromatic N) is 2. The van der Waals surface area contributed by atoms with Gasteiger partial charge in [-0.3, -0.25) is 9.69 Å². The van der Waals surface area contributed by atoms with E-state index < -0.39 is 17.7 Å². The molecule has 0 saturated carbocycles. The molecule has 0 aliphatic carbocycles. The van der Waals surface area contributed by atoms with Crippen molar-refractivity contribution >= 4 is 12.1 Å². The number of carbonyl (C=O) groups is 2. The molecule has 0 radical (unpaired) electrons. The van der Waals surface area contributed by atoms with E-state index in [9.17, 15) is 9.59 Å². The molecule has 1 rings (SSSR count). The number of ether oxygens (including phenoxy) is 2. The van der Waals surface area contributed by atoms with Gasteiger partial charge in [-0.25, -0.2) is 4.79 Å². The first-order chi connectivity index (χ1) is 10.7. The zero-order valence-corrected chi connectivity index (χ0v) is 14.0. The summed E-state index contributed by atoms with van der Waals surface area (Å²) in [6.45, 7) is 7.23. The second kappa shape index (κ2) is 8.18. The van der Waals surface area contributed by atoms with Crippen LogP contribution in [0.15, 0.2) is 24.3 Å². The van der Waals surface area contributed by atoms with Crippen LogP contribution in [0.25, 0.3) is 0 Å². The van der Waals surface area contributed by atoms with Crippen molar-refractivity contribution < 1.29 is 19.1 Å². The molecule has 0 aliphatic heterocycles. The average Bonchev–Trinajstić information content (AvgIpc) is 2.46. The molecule has 6 nitrogen and oxygen atoms in total. The highest BCUT2D eigenvalue weighted by Gasteiger charge is 2.24. The van der Waals surface area contributed by atoms with Crippen LogP contribution >= 0.6 is 0 Å². The van der Waals surface area contributed by atoms with Gasteiger partial charge in [0.15, 0.2) is 0 Å². The van der Waals surface area contributed by atoms with Gasteiger partial charge in [-0.15, -0.1) is 0 Å². The second-order valence-electron chi connectivity index (χ2n) is 5.95. The Kier molecular flexibility index (Phi) is 6.58. The third-order valence-corrected chi connectivity index (χ3v) is 2.73. The van der Waals surface area contributed by atoms with Gasteiger partial charge in [0.1, 0.15) is 12.1 Å². The molecule has 0 N–H and O–H groups in total. The van der Waals surface area contributed by atoms with Gasteiger partial charge in [0.25, 0.3) is 0 Å². The fourth-order valence-corrected chi connectivity index (χ4v) is 1.78. The summed E-state index contributed by atoms with van der Waals surface area (Å²) >= 11 is 0. The van der Waals surface area contributed by atoms with Gasteiger partial charge >= 0.3 is 12.1 Å². The highest BCUT2D eigenvalue weighted by molar-refractivity contribution is 5.78. The van der Waals surface area contributed by atoms with Gasteiger partial charge in [-0.05, 0) is 45.4 Å². The number of benzene rings is 1. The smallest absolute Gasteiger partial charge is 0.411 e. The molecule has 0 atom stereocenters. The second-order valence-corrected chi connectivity index (χ2v) is 5.95. The van der Waals surface area contributed by atoms with Crippen LogP contribution < -0.4 is 0 Å². The van der Waals surface area contributed by atoms with Crippen LogP contribution in [0.3, 0.4) is 0 Å². The summed E-state index contributed by atoms with van der Waals surface area (Å²) in [5, 5.41) is 8.81. The fraction of sp³-hybridized carbons (Fsp3) is 0.471. The van der Waals surface area contributed by atoms with Gasteiger partial charge in [0, 0.05) is 6.54 Å². The van der Waals surface area contributed by atoms with E-state index in [0.29, 0.717) is 5.56 Å². The Bertz CT molecular complexity index is 582. The lowest BCUT2D eigenvalue weighted by Gasteiger charge is -2.26. The van der Waals surface area contributed by atoms with Crippen molar-refractivity contribution in [3.63, 3.8) is 0 Å². The summed E-state index contributed by atoms with van der Waals surface area (Å²) in [7, 11) is 0. The van der Waals surface area contributed by atoms with E-state index >= 15 is 0 Å². The van der Waals surface area contributed by atoms with E-state index in [4.69, 9.17) is 14.7 Å². The molecule has 6 heteroatoms. The van der Waals surface area contributed by atoms with Crippen LogP contribution in [-0.4, -0.2) is 35.7 Å². The molecule has 1 aromatic rings. The number of esters is 1. The Hall–Kier alpha value is -2.55. The fourth-order valence-electron chi connectivity index (χ4n) is 1.78. The van der Waals surface area contributed by atoms with E-state index in [-0.39, 0.29) is 19.7 Å². The highest BCUT2D eigenvalue weighted by atomic mass is 16.6. The first-order valence-corrected chi connectivity index (χ1v) is 7.37. The van der Waals surface area contributed by atoms with Crippen molar-refractivity contribution in [2.75, 3.05) is 13.2 Å². The number of hydrogen-bond acceptors (Lipinski definition) is 5. The van der Waals surface area contributed by atoms with Crippen LogP contribution in [0.1, 0.15) is 38.8 Å². The molecule has 1 aromatic carbocycles. The molecule has 0 bridgehead atoms. The van der Waals surface area contributed by atoms with Gasteiger partial charge in [0.05, 0.1) is 18.2 Å². The lowest BCUT2D eigenvalue weighted by molar-refractivity contribution is -0.144. The van der Waals surface area contributed by atoms with Crippen LogP contribution in [0.2, 0.25) is 0 Å². The predicted octanol–water partition coefficient (Wildman–Crippen LogP) is 2.86. The lowest BCUT2D eigenvalue weighted by atomic mass is 10.1. The van der Waals surface area contributed by atoms with Crippen molar-refractivity contribution in [2.24, 2.45) is 0 Å². The molecule has 124 valence electrons. The van der Waals surface area contributed by atoms with E-state index in [1.807, 2.05) is 6.07 Å². The van der Waals surface area contributed by atoms with Gasteiger partial charge in [0.2, 0.25) is 0 Å². The Morgan fingerprint density at radius 1 is 1.22 bits per heavy atom. The maximum Gasteiger partial charge on any atom is 0.411 e. The molecular formula is C17H22N2O4. The van der Waals surface area contributed by atoms with Gasteiger partial charge in [-0.2, -0.15) is 5.26 Å². The average molecular weight is 318 g/mol. The molecule has 0 saturated heterocycles. The van der Waals surface area contributed by atoms with E-state index in [0.717, 1.165) is 5.56 Å². The first-order valence-electron chi connectivity index (χ1n) is 7.37. The topological polar surface area (TPSA) is 79.6 Å². The number of hydrogen-bond donors (Lipinski definition) is 0. The summed E-state index contributed by atoms with van der Waals surface area (Å²) in [5.74, 6) is -0.494. The highest BCUT2D eigenvalue weighted by Crippen LogP contribution is 2.13. The molecule has 0 aromatic heterocycles. The lowest BCUT2D eigenvalue weighted by Crippen LogP contribution is -2.39. The molecule has 1 amide bonds. The Labute approximate surface area is 136 Å². The minimum atomic E-state index is -0.658. The first kappa shape index (κ1) is 18.5. The normalized spacial score (nSPS) is 10.6. The monoisotopic (exact) mass is 318 g/mol. The zero-order chi connectivity index (χ0) is 17.5. The molecule has 0 spiro atoms. The Balaban J connectivity index is 2.86. The maximum atomic E-state index is 12.3. The summed E-state index contributed by atoms with van der Waals surface area (Å²) in [4.78, 5) is 25.3. The van der Waals surface area contributed by atoms with Crippen LogP contribution in [0.4, 0.5) is 4.79 Å². The summed E-state index contributed by atoms with van der Waals surface area (Å²) in [5.41, 5.74) is 0.663. The van der Waals surface area contributed by atoms with Crippen molar-refractivity contribution in [2.45, 2.75) is 39.8 Å². The minimum absolute atomic E-state index is 0.192. The van der Waals surface area contributed by atoms with Crippen molar-refractivity contribution in [1.82, 2.24) is 4.90 Å². The van der Waals surface area contributed by atoms with Crippen molar-refractivity contribution in [1.29, 1.82) is 5.26 Å². The van der Waals surface area contributed by atoms with E-state index in [2.05, 4.69) is 0 Å². The largest absolute Gasteiger partial charge is 0.465 e. The molecule has 0 fully saturated rings. The molecule has 23 heavy (non-hydrogen) atoms. The number of carbonyl (C=O) groups excluding carboxylic acids is 2. The quantitative estimate of drug-likeness (QED) is 0.780. The number of nitriles is 1. The predicted molar refractivity (Wildman–Crippen MR) is 84.4 cm³/mol. The van der Waals surface area contributed by atoms with Gasteiger partial charge < -0.3 is 9.47 Å². The number of amides is 1. The van der Waals surface area contributed by atoms with Gasteiger partial charge in [-0.1, -0.05) is 12.1 Å². The van der Waals surface area contributed by atoms with Crippen LogP contribution in [-0.2, 0) is 20.8 Å².